The molecule has 0 radical (unpaired) electrons. The van der Waals surface area contributed by atoms with Crippen LogP contribution in [0, 0.1) is 0 Å². The lowest BCUT2D eigenvalue weighted by Gasteiger charge is -2.26. The minimum atomic E-state index is -0.154. The van der Waals surface area contributed by atoms with Crippen molar-refractivity contribution in [3.8, 4) is 27.9 Å². The van der Waals surface area contributed by atoms with Crippen LogP contribution in [-0.2, 0) is 5.41 Å². The molecule has 1 aliphatic carbocycles. The van der Waals surface area contributed by atoms with E-state index >= 15 is 0 Å². The fraction of sp³-hybridized carbons (Fsp3) is 0.0588. The molecule has 256 valence electrons. The Hall–Kier alpha value is -6.42. The highest BCUT2D eigenvalue weighted by atomic mass is 32.1. The summed E-state index contributed by atoms with van der Waals surface area (Å²) in [5.41, 5.74) is 14.8. The molecule has 2 aromatic heterocycles. The predicted molar refractivity (Wildman–Crippen MR) is 231 cm³/mol. The third-order valence-electron chi connectivity index (χ3n) is 11.6. The summed E-state index contributed by atoms with van der Waals surface area (Å²) in [7, 11) is 0. The van der Waals surface area contributed by atoms with Crippen molar-refractivity contribution >= 4 is 70.4 Å². The van der Waals surface area contributed by atoms with Crippen LogP contribution in [0.15, 0.2) is 182 Å². The first-order valence-electron chi connectivity index (χ1n) is 18.7. The molecule has 0 aliphatic heterocycles. The average Bonchev–Trinajstić information content (AvgIpc) is 3.85. The highest BCUT2D eigenvalue weighted by Crippen LogP contribution is 2.53. The van der Waals surface area contributed by atoms with Crippen molar-refractivity contribution < 1.29 is 0 Å². The van der Waals surface area contributed by atoms with E-state index < -0.39 is 0 Å². The number of para-hydroxylation sites is 1. The largest absolute Gasteiger partial charge is 0.309 e. The van der Waals surface area contributed by atoms with Gasteiger partial charge in [0.1, 0.15) is 0 Å². The SMILES string of the molecule is CC1(C)c2ccccc2-c2ccc3c4cc(N(c5ccc(-c6ccccc6)cc5)c5cccc6c5sc5ccccc56)ccc4n(-c4ccccc4)c3c21. The van der Waals surface area contributed by atoms with Crippen LogP contribution < -0.4 is 4.90 Å². The number of benzene rings is 8. The lowest BCUT2D eigenvalue weighted by atomic mass is 9.81. The topological polar surface area (TPSA) is 8.17 Å². The maximum absolute atomic E-state index is 2.51. The van der Waals surface area contributed by atoms with Crippen molar-refractivity contribution in [2.75, 3.05) is 4.90 Å². The molecule has 54 heavy (non-hydrogen) atoms. The maximum Gasteiger partial charge on any atom is 0.0640 e. The standard InChI is InChI=1S/C51H36N2S/c1-51(2)44-21-11-9-18-38(44)40-29-30-41-43-32-37(28-31-45(43)53(49(41)48(40)51)35-16-7-4-8-17-35)52(36-26-24-34(25-27-36)33-14-5-3-6-15-33)46-22-13-20-42-39-19-10-12-23-47(39)54-50(42)46/h3-32H,1-2H3. The Morgan fingerprint density at radius 1 is 0.500 bits per heavy atom. The second-order valence-corrected chi connectivity index (χ2v) is 16.0. The van der Waals surface area contributed by atoms with Gasteiger partial charge >= 0.3 is 0 Å². The van der Waals surface area contributed by atoms with Crippen LogP contribution in [0.2, 0.25) is 0 Å². The van der Waals surface area contributed by atoms with Gasteiger partial charge in [0.2, 0.25) is 0 Å². The van der Waals surface area contributed by atoms with Gasteiger partial charge < -0.3 is 9.47 Å². The highest BCUT2D eigenvalue weighted by molar-refractivity contribution is 7.26. The molecule has 3 heteroatoms. The number of aromatic nitrogens is 1. The van der Waals surface area contributed by atoms with E-state index in [4.69, 9.17) is 0 Å². The van der Waals surface area contributed by atoms with Crippen molar-refractivity contribution in [2.45, 2.75) is 19.3 Å². The lowest BCUT2D eigenvalue weighted by Crippen LogP contribution is -2.16. The Kier molecular flexibility index (Phi) is 6.80. The van der Waals surface area contributed by atoms with E-state index in [0.717, 1.165) is 11.4 Å². The molecule has 0 unspecified atom stereocenters. The molecule has 0 saturated carbocycles. The number of rotatable bonds is 5. The average molecular weight is 709 g/mol. The van der Waals surface area contributed by atoms with E-state index in [-0.39, 0.29) is 5.41 Å². The minimum Gasteiger partial charge on any atom is -0.309 e. The minimum absolute atomic E-state index is 0.154. The van der Waals surface area contributed by atoms with Gasteiger partial charge in [0.05, 0.1) is 21.4 Å². The van der Waals surface area contributed by atoms with Crippen LogP contribution in [0.3, 0.4) is 0 Å². The van der Waals surface area contributed by atoms with Gasteiger partial charge in [-0.15, -0.1) is 11.3 Å². The first-order valence-corrected chi connectivity index (χ1v) is 19.5. The summed E-state index contributed by atoms with van der Waals surface area (Å²) < 4.78 is 5.10. The van der Waals surface area contributed by atoms with Crippen LogP contribution >= 0.6 is 11.3 Å². The molecule has 10 aromatic rings. The van der Waals surface area contributed by atoms with Crippen molar-refractivity contribution in [3.63, 3.8) is 0 Å². The monoisotopic (exact) mass is 708 g/mol. The van der Waals surface area contributed by atoms with Crippen LogP contribution in [0.4, 0.5) is 17.1 Å². The van der Waals surface area contributed by atoms with Gasteiger partial charge in [-0.2, -0.15) is 0 Å². The molecule has 2 heterocycles. The van der Waals surface area contributed by atoms with E-state index in [9.17, 15) is 0 Å². The Balaban J connectivity index is 1.19. The summed E-state index contributed by atoms with van der Waals surface area (Å²) in [6, 6.07) is 66.9. The van der Waals surface area contributed by atoms with Gasteiger partial charge in [-0.1, -0.05) is 141 Å². The van der Waals surface area contributed by atoms with Gasteiger partial charge in [-0.3, -0.25) is 0 Å². The van der Waals surface area contributed by atoms with Gasteiger partial charge in [0, 0.05) is 48.7 Å². The molecule has 8 aromatic carbocycles. The zero-order valence-corrected chi connectivity index (χ0v) is 30.9. The first kappa shape index (κ1) is 31.1. The number of hydrogen-bond donors (Lipinski definition) is 0. The molecule has 0 saturated heterocycles. The van der Waals surface area contributed by atoms with E-state index in [2.05, 4.69) is 205 Å². The van der Waals surface area contributed by atoms with Gasteiger partial charge in [0.25, 0.3) is 0 Å². The summed E-state index contributed by atoms with van der Waals surface area (Å²) in [4.78, 5) is 2.46. The summed E-state index contributed by atoms with van der Waals surface area (Å²) >= 11 is 1.88. The van der Waals surface area contributed by atoms with Crippen molar-refractivity contribution in [1.82, 2.24) is 4.57 Å². The molecule has 2 nitrogen and oxygen atoms in total. The number of thiophene rings is 1. The second kappa shape index (κ2) is 11.8. The summed E-state index contributed by atoms with van der Waals surface area (Å²) in [6.07, 6.45) is 0. The van der Waals surface area contributed by atoms with Crippen molar-refractivity contribution in [1.29, 1.82) is 0 Å². The number of hydrogen-bond acceptors (Lipinski definition) is 2. The van der Waals surface area contributed by atoms with Crippen LogP contribution in [-0.4, -0.2) is 4.57 Å². The molecule has 0 atom stereocenters. The van der Waals surface area contributed by atoms with E-state index in [0.29, 0.717) is 0 Å². The number of anilines is 3. The number of nitrogens with zero attached hydrogens (tertiary/aromatic N) is 2. The van der Waals surface area contributed by atoms with Crippen LogP contribution in [0.1, 0.15) is 25.0 Å². The summed E-state index contributed by atoms with van der Waals surface area (Å²) in [6.45, 7) is 4.78. The molecular formula is C51H36N2S. The van der Waals surface area contributed by atoms with Crippen LogP contribution in [0.25, 0.3) is 69.9 Å². The van der Waals surface area contributed by atoms with Gasteiger partial charge in [-0.05, 0) is 88.0 Å². The predicted octanol–water partition coefficient (Wildman–Crippen LogP) is 14.6. The Bertz CT molecular complexity index is 3060. The van der Waals surface area contributed by atoms with Crippen LogP contribution in [0.5, 0.6) is 0 Å². The smallest absolute Gasteiger partial charge is 0.0640 e. The molecule has 1 aliphatic rings. The quantitative estimate of drug-likeness (QED) is 0.173. The fourth-order valence-corrected chi connectivity index (χ4v) is 10.3. The molecule has 0 spiro atoms. The van der Waals surface area contributed by atoms with E-state index in [1.807, 2.05) is 11.3 Å². The summed E-state index contributed by atoms with van der Waals surface area (Å²) in [5, 5.41) is 5.11. The normalized spacial score (nSPS) is 13.1. The van der Waals surface area contributed by atoms with Gasteiger partial charge in [0.15, 0.2) is 0 Å². The Morgan fingerprint density at radius 2 is 1.19 bits per heavy atom. The molecule has 11 rings (SSSR count). The molecule has 0 fully saturated rings. The molecule has 0 amide bonds. The summed E-state index contributed by atoms with van der Waals surface area (Å²) in [5.74, 6) is 0. The molecule has 0 N–H and O–H groups in total. The Labute approximate surface area is 318 Å². The maximum atomic E-state index is 2.51. The zero-order chi connectivity index (χ0) is 36.0. The van der Waals surface area contributed by atoms with Crippen molar-refractivity contribution in [2.24, 2.45) is 0 Å². The lowest BCUT2D eigenvalue weighted by molar-refractivity contribution is 0.664. The van der Waals surface area contributed by atoms with E-state index in [1.54, 1.807) is 0 Å². The molecular weight excluding hydrogens is 673 g/mol. The van der Waals surface area contributed by atoms with E-state index in [1.165, 1.54) is 86.7 Å². The fourth-order valence-electron chi connectivity index (χ4n) is 9.10. The second-order valence-electron chi connectivity index (χ2n) is 14.9. The zero-order valence-electron chi connectivity index (χ0n) is 30.1. The number of fused-ring (bicyclic) bond motifs is 10. The molecule has 0 bridgehead atoms. The third-order valence-corrected chi connectivity index (χ3v) is 12.8. The van der Waals surface area contributed by atoms with Gasteiger partial charge in [-0.25, -0.2) is 0 Å². The van der Waals surface area contributed by atoms with Crippen molar-refractivity contribution in [3.05, 3.63) is 193 Å². The third kappa shape index (κ3) is 4.52. The first-order chi connectivity index (χ1) is 26.6. The Morgan fingerprint density at radius 3 is 2.02 bits per heavy atom. The highest BCUT2D eigenvalue weighted by Gasteiger charge is 2.38.